The zero-order chi connectivity index (χ0) is 19.3. The number of carbonyl (C=O) groups excluding carboxylic acids is 2. The first-order chi connectivity index (χ1) is 12.4. The highest BCUT2D eigenvalue weighted by atomic mass is 16.5. The van der Waals surface area contributed by atoms with Crippen molar-refractivity contribution >= 4 is 22.8 Å². The Balaban J connectivity index is 2.13. The van der Waals surface area contributed by atoms with Crippen LogP contribution in [0.5, 0.6) is 5.75 Å². The molecule has 1 heterocycles. The molecule has 0 unspecified atom stereocenters. The molecule has 0 aliphatic rings. The van der Waals surface area contributed by atoms with Gasteiger partial charge in [-0.05, 0) is 45.4 Å². The molecule has 7 heteroatoms. The fraction of sp³-hybridized carbons (Fsp3) is 0.421. The minimum atomic E-state index is -0.426. The minimum absolute atomic E-state index is 0.00267. The van der Waals surface area contributed by atoms with Gasteiger partial charge in [0.05, 0.1) is 6.54 Å². The third-order valence-corrected chi connectivity index (χ3v) is 4.11. The van der Waals surface area contributed by atoms with Crippen LogP contribution in [-0.2, 0) is 9.59 Å². The summed E-state index contributed by atoms with van der Waals surface area (Å²) in [6.45, 7) is 7.95. The molecule has 2 rings (SSSR count). The van der Waals surface area contributed by atoms with Crippen LogP contribution in [-0.4, -0.2) is 43.0 Å². The summed E-state index contributed by atoms with van der Waals surface area (Å²) in [6.07, 6.45) is 0. The fourth-order valence-corrected chi connectivity index (χ4v) is 2.69. The molecule has 0 spiro atoms. The van der Waals surface area contributed by atoms with Gasteiger partial charge in [0.25, 0.3) is 5.91 Å². The number of ether oxygens (including phenoxy) is 1. The first-order valence-corrected chi connectivity index (χ1v) is 8.58. The monoisotopic (exact) mass is 360 g/mol. The highest BCUT2D eigenvalue weighted by Crippen LogP contribution is 2.28. The van der Waals surface area contributed by atoms with Crippen molar-refractivity contribution in [3.8, 4) is 5.75 Å². The Morgan fingerprint density at radius 3 is 2.62 bits per heavy atom. The van der Waals surface area contributed by atoms with Gasteiger partial charge in [-0.1, -0.05) is 0 Å². The molecule has 1 aromatic heterocycles. The molecular formula is C19H24N2O5. The Morgan fingerprint density at radius 1 is 1.23 bits per heavy atom. The highest BCUT2D eigenvalue weighted by molar-refractivity contribution is 5.86. The molecule has 140 valence electrons. The van der Waals surface area contributed by atoms with Gasteiger partial charge in [0.15, 0.2) is 6.61 Å². The standard InChI is InChI=1S/C19H24N2O5/c1-5-20-16(22)10-21(6-2)17(23)11-25-15-8-7-14-12(3)9-18(24)26-19(14)13(15)4/h7-9H,5-6,10-11H2,1-4H3,(H,20,22). The van der Waals surface area contributed by atoms with E-state index in [9.17, 15) is 14.4 Å². The van der Waals surface area contributed by atoms with Crippen molar-refractivity contribution in [2.45, 2.75) is 27.7 Å². The summed E-state index contributed by atoms with van der Waals surface area (Å²) in [6, 6.07) is 4.98. The van der Waals surface area contributed by atoms with E-state index in [1.807, 2.05) is 13.8 Å². The molecule has 0 atom stereocenters. The van der Waals surface area contributed by atoms with E-state index < -0.39 is 5.63 Å². The zero-order valence-corrected chi connectivity index (χ0v) is 15.5. The smallest absolute Gasteiger partial charge is 0.336 e. The number of hydrogen-bond donors (Lipinski definition) is 1. The summed E-state index contributed by atoms with van der Waals surface area (Å²) in [5.74, 6) is -0.0283. The van der Waals surface area contributed by atoms with E-state index in [-0.39, 0.29) is 25.0 Å². The minimum Gasteiger partial charge on any atom is -0.483 e. The molecule has 26 heavy (non-hydrogen) atoms. The first kappa shape index (κ1) is 19.5. The van der Waals surface area contributed by atoms with Crippen LogP contribution in [0.4, 0.5) is 0 Å². The molecule has 2 aromatic rings. The van der Waals surface area contributed by atoms with Crippen LogP contribution in [0.2, 0.25) is 0 Å². The third kappa shape index (κ3) is 4.41. The number of carbonyl (C=O) groups is 2. The molecule has 0 aliphatic carbocycles. The fourth-order valence-electron chi connectivity index (χ4n) is 2.69. The van der Waals surface area contributed by atoms with Gasteiger partial charge in [0.1, 0.15) is 11.3 Å². The SMILES string of the molecule is CCNC(=O)CN(CC)C(=O)COc1ccc2c(C)cc(=O)oc2c1C. The lowest BCUT2D eigenvalue weighted by Crippen LogP contribution is -2.42. The maximum absolute atomic E-state index is 12.3. The molecule has 0 bridgehead atoms. The second-order valence-corrected chi connectivity index (χ2v) is 5.96. The Hall–Kier alpha value is -2.83. The molecule has 7 nitrogen and oxygen atoms in total. The van der Waals surface area contributed by atoms with Crippen LogP contribution in [0, 0.1) is 13.8 Å². The number of hydrogen-bond acceptors (Lipinski definition) is 5. The van der Waals surface area contributed by atoms with E-state index in [2.05, 4.69) is 5.32 Å². The summed E-state index contributed by atoms with van der Waals surface area (Å²) < 4.78 is 10.9. The summed E-state index contributed by atoms with van der Waals surface area (Å²) in [4.78, 5) is 37.0. The Bertz CT molecular complexity index is 872. The summed E-state index contributed by atoms with van der Waals surface area (Å²) in [5.41, 5.74) is 1.50. The number of fused-ring (bicyclic) bond motifs is 1. The van der Waals surface area contributed by atoms with Crippen LogP contribution in [0.25, 0.3) is 11.0 Å². The van der Waals surface area contributed by atoms with Gasteiger partial charge in [0, 0.05) is 30.1 Å². The van der Waals surface area contributed by atoms with E-state index in [0.717, 1.165) is 10.9 Å². The average molecular weight is 360 g/mol. The average Bonchev–Trinajstić information content (AvgIpc) is 2.59. The quantitative estimate of drug-likeness (QED) is 0.760. The maximum Gasteiger partial charge on any atom is 0.336 e. The normalized spacial score (nSPS) is 10.6. The van der Waals surface area contributed by atoms with E-state index >= 15 is 0 Å². The molecule has 0 saturated heterocycles. The van der Waals surface area contributed by atoms with Crippen LogP contribution >= 0.6 is 0 Å². The number of rotatable bonds is 7. The van der Waals surface area contributed by atoms with Gasteiger partial charge in [-0.3, -0.25) is 9.59 Å². The number of likely N-dealkylation sites (N-methyl/N-ethyl adjacent to an activating group) is 2. The van der Waals surface area contributed by atoms with Crippen LogP contribution in [0.15, 0.2) is 27.4 Å². The van der Waals surface area contributed by atoms with Crippen molar-refractivity contribution in [3.63, 3.8) is 0 Å². The van der Waals surface area contributed by atoms with Gasteiger partial charge in [0.2, 0.25) is 5.91 Å². The maximum atomic E-state index is 12.3. The lowest BCUT2D eigenvalue weighted by atomic mass is 10.1. The Morgan fingerprint density at radius 2 is 1.96 bits per heavy atom. The molecular weight excluding hydrogens is 336 g/mol. The lowest BCUT2D eigenvalue weighted by molar-refractivity contribution is -0.137. The van der Waals surface area contributed by atoms with E-state index in [1.54, 1.807) is 26.0 Å². The van der Waals surface area contributed by atoms with Crippen molar-refractivity contribution in [1.29, 1.82) is 0 Å². The molecule has 0 radical (unpaired) electrons. The number of aryl methyl sites for hydroxylation is 2. The Kier molecular flexibility index (Phi) is 6.38. The van der Waals surface area contributed by atoms with Gasteiger partial charge in [-0.2, -0.15) is 0 Å². The molecule has 1 N–H and O–H groups in total. The molecule has 2 amide bonds. The number of nitrogens with one attached hydrogen (secondary N) is 1. The third-order valence-electron chi connectivity index (χ3n) is 4.11. The molecule has 0 saturated carbocycles. The van der Waals surface area contributed by atoms with Crippen molar-refractivity contribution in [3.05, 3.63) is 39.7 Å². The van der Waals surface area contributed by atoms with Crippen LogP contribution in [0.3, 0.4) is 0 Å². The lowest BCUT2D eigenvalue weighted by Gasteiger charge is -2.20. The zero-order valence-electron chi connectivity index (χ0n) is 15.5. The van der Waals surface area contributed by atoms with Crippen molar-refractivity contribution in [2.24, 2.45) is 0 Å². The largest absolute Gasteiger partial charge is 0.483 e. The predicted octanol–water partition coefficient (Wildman–Crippen LogP) is 1.77. The summed E-state index contributed by atoms with van der Waals surface area (Å²) in [5, 5.41) is 3.49. The van der Waals surface area contributed by atoms with E-state index in [4.69, 9.17) is 9.15 Å². The molecule has 0 fully saturated rings. The van der Waals surface area contributed by atoms with E-state index in [1.165, 1.54) is 11.0 Å². The van der Waals surface area contributed by atoms with E-state index in [0.29, 0.717) is 30.0 Å². The Labute approximate surface area is 151 Å². The summed E-state index contributed by atoms with van der Waals surface area (Å²) >= 11 is 0. The highest BCUT2D eigenvalue weighted by Gasteiger charge is 2.17. The number of benzene rings is 1. The van der Waals surface area contributed by atoms with Crippen molar-refractivity contribution in [1.82, 2.24) is 10.2 Å². The van der Waals surface area contributed by atoms with Gasteiger partial charge in [-0.25, -0.2) is 4.79 Å². The second-order valence-electron chi connectivity index (χ2n) is 5.96. The summed E-state index contributed by atoms with van der Waals surface area (Å²) in [7, 11) is 0. The van der Waals surface area contributed by atoms with Gasteiger partial charge >= 0.3 is 5.63 Å². The predicted molar refractivity (Wildman–Crippen MR) is 98.4 cm³/mol. The van der Waals surface area contributed by atoms with Crippen molar-refractivity contribution < 1.29 is 18.7 Å². The van der Waals surface area contributed by atoms with Gasteiger partial charge in [-0.15, -0.1) is 0 Å². The molecule has 0 aliphatic heterocycles. The topological polar surface area (TPSA) is 88.9 Å². The molecule has 1 aromatic carbocycles. The van der Waals surface area contributed by atoms with Crippen molar-refractivity contribution in [2.75, 3.05) is 26.2 Å². The van der Waals surface area contributed by atoms with Crippen LogP contribution in [0.1, 0.15) is 25.0 Å². The second kappa shape index (κ2) is 8.51. The number of nitrogens with zero attached hydrogens (tertiary/aromatic N) is 1. The van der Waals surface area contributed by atoms with Crippen LogP contribution < -0.4 is 15.7 Å². The first-order valence-electron chi connectivity index (χ1n) is 8.58. The van der Waals surface area contributed by atoms with Gasteiger partial charge < -0.3 is 19.4 Å². The number of amides is 2.